The summed E-state index contributed by atoms with van der Waals surface area (Å²) in [6.07, 6.45) is 0. The van der Waals surface area contributed by atoms with E-state index in [4.69, 9.17) is 0 Å². The van der Waals surface area contributed by atoms with Crippen LogP contribution in [0.25, 0.3) is 0 Å². The fourth-order valence-corrected chi connectivity index (χ4v) is 4.76. The molecule has 0 saturated carbocycles. The predicted molar refractivity (Wildman–Crippen MR) is 115 cm³/mol. The molecule has 0 aliphatic carbocycles. The van der Waals surface area contributed by atoms with Gasteiger partial charge in [0.25, 0.3) is 0 Å². The van der Waals surface area contributed by atoms with Crippen LogP contribution in [0, 0.1) is 25.5 Å². The molecule has 0 unspecified atom stereocenters. The Morgan fingerprint density at radius 3 is 2.34 bits per heavy atom. The van der Waals surface area contributed by atoms with Crippen LogP contribution in [0.5, 0.6) is 0 Å². The first-order valence-electron chi connectivity index (χ1n) is 9.92. The van der Waals surface area contributed by atoms with Crippen LogP contribution < -0.4 is 10.6 Å². The number of nitrogens with zero attached hydrogens (tertiary/aromatic N) is 2. The van der Waals surface area contributed by atoms with Crippen LogP contribution in [0.3, 0.4) is 0 Å². The van der Waals surface area contributed by atoms with Crippen molar-refractivity contribution >= 4 is 27.6 Å². The summed E-state index contributed by atoms with van der Waals surface area (Å²) in [7, 11) is -3.98. The average molecular weight is 467 g/mol. The zero-order valence-electron chi connectivity index (χ0n) is 17.7. The Balaban J connectivity index is 1.51. The Kier molecular flexibility index (Phi) is 7.22. The maximum atomic E-state index is 13.4. The number of urea groups is 1. The third kappa shape index (κ3) is 5.47. The lowest BCUT2D eigenvalue weighted by Gasteiger charge is -2.33. The molecule has 3 amide bonds. The van der Waals surface area contributed by atoms with Crippen LogP contribution >= 0.6 is 0 Å². The number of hydrogen-bond acceptors (Lipinski definition) is 5. The van der Waals surface area contributed by atoms with E-state index in [1.807, 2.05) is 19.9 Å². The molecule has 172 valence electrons. The summed E-state index contributed by atoms with van der Waals surface area (Å²) in [6, 6.07) is 7.24. The molecule has 1 aliphatic rings. The minimum absolute atomic E-state index is 0.0727. The number of piperazine rings is 1. The number of sulfonamides is 1. The second kappa shape index (κ2) is 9.72. The summed E-state index contributed by atoms with van der Waals surface area (Å²) in [6.45, 7) is 4.33. The van der Waals surface area contributed by atoms with Crippen molar-refractivity contribution < 1.29 is 26.8 Å². The molecule has 1 heterocycles. The lowest BCUT2D eigenvalue weighted by atomic mass is 10.1. The molecule has 8 nitrogen and oxygen atoms in total. The van der Waals surface area contributed by atoms with E-state index in [0.29, 0.717) is 11.8 Å². The second-order valence-electron chi connectivity index (χ2n) is 7.51. The van der Waals surface area contributed by atoms with Crippen molar-refractivity contribution in [2.45, 2.75) is 18.7 Å². The van der Waals surface area contributed by atoms with Gasteiger partial charge in [-0.05, 0) is 49.2 Å². The van der Waals surface area contributed by atoms with Gasteiger partial charge in [0.1, 0.15) is 0 Å². The van der Waals surface area contributed by atoms with Crippen molar-refractivity contribution in [3.05, 3.63) is 59.2 Å². The molecule has 2 N–H and O–H groups in total. The van der Waals surface area contributed by atoms with E-state index in [-0.39, 0.29) is 37.6 Å². The first-order valence-corrected chi connectivity index (χ1v) is 11.4. The smallest absolute Gasteiger partial charge is 0.307 e. The standard InChI is InChI=1S/C21H24F2N4O4S/c1-14-4-3-5-19(15(14)2)24-21(29)25-20(28)13-26-8-10-27(11-9-26)32(30,31)16-6-7-17(22)18(23)12-16/h3-7,12H,8-11,13H2,1-2H3,(H2,24,25,28,29). The Bertz CT molecular complexity index is 1130. The first kappa shape index (κ1) is 23.8. The molecule has 1 saturated heterocycles. The summed E-state index contributed by atoms with van der Waals surface area (Å²) < 4.78 is 52.9. The lowest BCUT2D eigenvalue weighted by Crippen LogP contribution is -2.51. The molecule has 1 fully saturated rings. The SMILES string of the molecule is Cc1cccc(NC(=O)NC(=O)CN2CCN(S(=O)(=O)c3ccc(F)c(F)c3)CC2)c1C. The normalized spacial score (nSPS) is 15.4. The van der Waals surface area contributed by atoms with Gasteiger partial charge >= 0.3 is 6.03 Å². The number of carbonyl (C=O) groups excluding carboxylic acids is 2. The number of rotatable bonds is 5. The number of halogens is 2. The highest BCUT2D eigenvalue weighted by atomic mass is 32.2. The van der Waals surface area contributed by atoms with Crippen LogP contribution in [-0.2, 0) is 14.8 Å². The van der Waals surface area contributed by atoms with Gasteiger partial charge in [0.2, 0.25) is 15.9 Å². The van der Waals surface area contributed by atoms with E-state index in [1.54, 1.807) is 17.0 Å². The summed E-state index contributed by atoms with van der Waals surface area (Å²) >= 11 is 0. The quantitative estimate of drug-likeness (QED) is 0.704. The summed E-state index contributed by atoms with van der Waals surface area (Å²) in [4.78, 5) is 25.7. The van der Waals surface area contributed by atoms with Gasteiger partial charge < -0.3 is 5.32 Å². The molecule has 0 radical (unpaired) electrons. The van der Waals surface area contributed by atoms with E-state index in [0.717, 1.165) is 27.6 Å². The maximum absolute atomic E-state index is 13.4. The van der Waals surface area contributed by atoms with E-state index in [1.165, 1.54) is 0 Å². The third-order valence-corrected chi connectivity index (χ3v) is 7.23. The molecule has 11 heteroatoms. The van der Waals surface area contributed by atoms with Crippen LogP contribution in [0.15, 0.2) is 41.3 Å². The number of hydrogen-bond donors (Lipinski definition) is 2. The number of nitrogens with one attached hydrogen (secondary N) is 2. The highest BCUT2D eigenvalue weighted by molar-refractivity contribution is 7.89. The molecule has 1 aliphatic heterocycles. The van der Waals surface area contributed by atoms with Gasteiger partial charge in [-0.25, -0.2) is 22.0 Å². The molecule has 0 atom stereocenters. The molecule has 3 rings (SSSR count). The highest BCUT2D eigenvalue weighted by Crippen LogP contribution is 2.20. The average Bonchev–Trinajstić information content (AvgIpc) is 2.73. The molecule has 2 aromatic carbocycles. The van der Waals surface area contributed by atoms with E-state index in [9.17, 15) is 26.8 Å². The number of carbonyl (C=O) groups is 2. The zero-order chi connectivity index (χ0) is 23.5. The second-order valence-corrected chi connectivity index (χ2v) is 9.44. The molecule has 32 heavy (non-hydrogen) atoms. The number of amides is 3. The topological polar surface area (TPSA) is 98.8 Å². The third-order valence-electron chi connectivity index (χ3n) is 5.33. The largest absolute Gasteiger partial charge is 0.325 e. The van der Waals surface area contributed by atoms with Crippen molar-refractivity contribution in [1.29, 1.82) is 0 Å². The number of benzene rings is 2. The molecule has 2 aromatic rings. The number of aryl methyl sites for hydroxylation is 1. The van der Waals surface area contributed by atoms with Gasteiger partial charge in [-0.3, -0.25) is 15.0 Å². The highest BCUT2D eigenvalue weighted by Gasteiger charge is 2.30. The van der Waals surface area contributed by atoms with Crippen molar-refractivity contribution in [3.8, 4) is 0 Å². The van der Waals surface area contributed by atoms with Crippen LogP contribution in [0.1, 0.15) is 11.1 Å². The summed E-state index contributed by atoms with van der Waals surface area (Å²) in [5.74, 6) is -2.88. The Hall–Kier alpha value is -2.89. The van der Waals surface area contributed by atoms with Crippen LogP contribution in [0.4, 0.5) is 19.3 Å². The van der Waals surface area contributed by atoms with Gasteiger partial charge in [0, 0.05) is 31.9 Å². The maximum Gasteiger partial charge on any atom is 0.325 e. The number of anilines is 1. The van der Waals surface area contributed by atoms with E-state index in [2.05, 4.69) is 10.6 Å². The van der Waals surface area contributed by atoms with Gasteiger partial charge in [-0.15, -0.1) is 0 Å². The minimum Gasteiger partial charge on any atom is -0.307 e. The van der Waals surface area contributed by atoms with Crippen molar-refractivity contribution in [3.63, 3.8) is 0 Å². The van der Waals surface area contributed by atoms with E-state index >= 15 is 0 Å². The Morgan fingerprint density at radius 1 is 1.00 bits per heavy atom. The zero-order valence-corrected chi connectivity index (χ0v) is 18.5. The predicted octanol–water partition coefficient (Wildman–Crippen LogP) is 2.24. The number of imide groups is 1. The van der Waals surface area contributed by atoms with Crippen molar-refractivity contribution in [2.24, 2.45) is 0 Å². The molecule has 0 aromatic heterocycles. The summed E-state index contributed by atoms with van der Waals surface area (Å²) in [5.41, 5.74) is 2.50. The van der Waals surface area contributed by atoms with Gasteiger partial charge in [0.15, 0.2) is 11.6 Å². The minimum atomic E-state index is -3.98. The molecular weight excluding hydrogens is 442 g/mol. The van der Waals surface area contributed by atoms with Crippen molar-refractivity contribution in [2.75, 3.05) is 38.0 Å². The van der Waals surface area contributed by atoms with Crippen molar-refractivity contribution in [1.82, 2.24) is 14.5 Å². The fraction of sp³-hybridized carbons (Fsp3) is 0.333. The monoisotopic (exact) mass is 466 g/mol. The van der Waals surface area contributed by atoms with Gasteiger partial charge in [-0.2, -0.15) is 4.31 Å². The summed E-state index contributed by atoms with van der Waals surface area (Å²) in [5, 5.41) is 4.90. The Labute approximate surface area is 185 Å². The molecule has 0 spiro atoms. The molecular formula is C21H24F2N4O4S. The van der Waals surface area contributed by atoms with E-state index < -0.39 is 33.6 Å². The van der Waals surface area contributed by atoms with Crippen LogP contribution in [0.2, 0.25) is 0 Å². The van der Waals surface area contributed by atoms with Gasteiger partial charge in [0.05, 0.1) is 11.4 Å². The van der Waals surface area contributed by atoms with Gasteiger partial charge in [-0.1, -0.05) is 12.1 Å². The molecule has 0 bridgehead atoms. The fourth-order valence-electron chi connectivity index (χ4n) is 3.32. The van der Waals surface area contributed by atoms with Crippen LogP contribution in [-0.4, -0.2) is 62.3 Å². The first-order chi connectivity index (χ1) is 15.1. The lowest BCUT2D eigenvalue weighted by molar-refractivity contribution is -0.121. The Morgan fingerprint density at radius 2 is 1.69 bits per heavy atom.